The number of carbonyl (C=O) groups is 1. The van der Waals surface area contributed by atoms with Gasteiger partial charge < -0.3 is 20.4 Å². The Morgan fingerprint density at radius 1 is 1.00 bits per heavy atom. The fourth-order valence-corrected chi connectivity index (χ4v) is 7.33. The van der Waals surface area contributed by atoms with Gasteiger partial charge in [-0.2, -0.15) is 0 Å². The standard InChI is InChI=1S/C20H30O5/c1-9-15-10(21)7-12-19(4)11(18(2,3)6-5-13(19)22)8-14(23)20(12,16(9)24)17(15)25/h10-15,17,21-23,25H,1,5-8H2,2-4H3/t10-,11+,12-,13-,14+,15+,17+,19-,20-/m0/s1. The lowest BCUT2D eigenvalue weighted by Crippen LogP contribution is -2.71. The molecule has 4 N–H and O–H groups in total. The van der Waals surface area contributed by atoms with Crippen LogP contribution >= 0.6 is 0 Å². The second-order valence-electron chi connectivity index (χ2n) is 9.83. The summed E-state index contributed by atoms with van der Waals surface area (Å²) in [4.78, 5) is 13.2. The van der Waals surface area contributed by atoms with Crippen molar-refractivity contribution in [1.82, 2.24) is 0 Å². The van der Waals surface area contributed by atoms with E-state index in [1.165, 1.54) is 0 Å². The molecule has 140 valence electrons. The zero-order valence-corrected chi connectivity index (χ0v) is 15.3. The van der Waals surface area contributed by atoms with Crippen molar-refractivity contribution in [2.75, 3.05) is 0 Å². The Hall–Kier alpha value is -0.750. The van der Waals surface area contributed by atoms with Crippen LogP contribution in [0, 0.1) is 34.0 Å². The smallest absolute Gasteiger partial charge is 0.170 e. The summed E-state index contributed by atoms with van der Waals surface area (Å²) in [5.74, 6) is -1.45. The van der Waals surface area contributed by atoms with Crippen molar-refractivity contribution in [1.29, 1.82) is 0 Å². The van der Waals surface area contributed by atoms with Gasteiger partial charge in [0.25, 0.3) is 0 Å². The van der Waals surface area contributed by atoms with E-state index >= 15 is 0 Å². The Morgan fingerprint density at radius 3 is 2.28 bits per heavy atom. The molecule has 0 aromatic heterocycles. The molecule has 5 heteroatoms. The Bertz CT molecular complexity index is 642. The van der Waals surface area contributed by atoms with Gasteiger partial charge in [0.15, 0.2) is 5.78 Å². The number of hydrogen-bond donors (Lipinski definition) is 4. The van der Waals surface area contributed by atoms with Crippen molar-refractivity contribution in [3.8, 4) is 0 Å². The molecular weight excluding hydrogens is 320 g/mol. The highest BCUT2D eigenvalue weighted by Crippen LogP contribution is 2.70. The maximum Gasteiger partial charge on any atom is 0.170 e. The van der Waals surface area contributed by atoms with E-state index in [4.69, 9.17) is 0 Å². The van der Waals surface area contributed by atoms with Crippen molar-refractivity contribution in [3.63, 3.8) is 0 Å². The van der Waals surface area contributed by atoms with Crippen LogP contribution in [0.2, 0.25) is 0 Å². The molecule has 0 unspecified atom stereocenters. The summed E-state index contributed by atoms with van der Waals surface area (Å²) in [5, 5.41) is 43.8. The maximum absolute atomic E-state index is 13.2. The molecule has 0 aromatic rings. The summed E-state index contributed by atoms with van der Waals surface area (Å²) in [6, 6.07) is 0. The van der Waals surface area contributed by atoms with Crippen LogP contribution in [0.15, 0.2) is 12.2 Å². The molecule has 0 radical (unpaired) electrons. The fraction of sp³-hybridized carbons (Fsp3) is 0.850. The Labute approximate surface area is 148 Å². The third-order valence-corrected chi connectivity index (χ3v) is 8.62. The number of rotatable bonds is 0. The first kappa shape index (κ1) is 17.7. The Kier molecular flexibility index (Phi) is 3.49. The topological polar surface area (TPSA) is 98.0 Å². The van der Waals surface area contributed by atoms with Crippen molar-refractivity contribution >= 4 is 5.78 Å². The van der Waals surface area contributed by atoms with Crippen LogP contribution in [0.3, 0.4) is 0 Å². The fourth-order valence-electron chi connectivity index (χ4n) is 7.33. The highest BCUT2D eigenvalue weighted by atomic mass is 16.3. The summed E-state index contributed by atoms with van der Waals surface area (Å²) in [6.07, 6.45) is -1.41. The molecule has 0 amide bonds. The molecule has 4 fully saturated rings. The highest BCUT2D eigenvalue weighted by Gasteiger charge is 2.76. The molecule has 5 nitrogen and oxygen atoms in total. The molecule has 0 aliphatic heterocycles. The van der Waals surface area contributed by atoms with Crippen LogP contribution in [0.1, 0.15) is 46.5 Å². The molecule has 0 saturated heterocycles. The van der Waals surface area contributed by atoms with Crippen LogP contribution in [0.5, 0.6) is 0 Å². The summed E-state index contributed by atoms with van der Waals surface area (Å²) in [7, 11) is 0. The monoisotopic (exact) mass is 350 g/mol. The largest absolute Gasteiger partial charge is 0.393 e. The van der Waals surface area contributed by atoms with Gasteiger partial charge in [-0.15, -0.1) is 0 Å². The van der Waals surface area contributed by atoms with Crippen LogP contribution < -0.4 is 0 Å². The molecule has 0 heterocycles. The van der Waals surface area contributed by atoms with Crippen LogP contribution in [-0.4, -0.2) is 50.6 Å². The lowest BCUT2D eigenvalue weighted by Gasteiger charge is -2.66. The van der Waals surface area contributed by atoms with Gasteiger partial charge in [0.05, 0.1) is 29.8 Å². The number of hydrogen-bond acceptors (Lipinski definition) is 5. The van der Waals surface area contributed by atoms with Gasteiger partial charge in [-0.3, -0.25) is 4.79 Å². The number of carbonyl (C=O) groups excluding carboxylic acids is 1. The zero-order valence-electron chi connectivity index (χ0n) is 15.3. The Balaban J connectivity index is 1.93. The van der Waals surface area contributed by atoms with Crippen molar-refractivity contribution in [2.24, 2.45) is 34.0 Å². The zero-order chi connectivity index (χ0) is 18.5. The highest BCUT2D eigenvalue weighted by molar-refractivity contribution is 6.04. The lowest BCUT2D eigenvalue weighted by molar-refractivity contribution is -0.261. The van der Waals surface area contributed by atoms with Gasteiger partial charge >= 0.3 is 0 Å². The summed E-state index contributed by atoms with van der Waals surface area (Å²) >= 11 is 0. The number of aliphatic hydroxyl groups excluding tert-OH is 4. The summed E-state index contributed by atoms with van der Waals surface area (Å²) in [5.41, 5.74) is -1.82. The van der Waals surface area contributed by atoms with E-state index in [1.807, 2.05) is 6.92 Å². The summed E-state index contributed by atoms with van der Waals surface area (Å²) < 4.78 is 0. The molecular formula is C20H30O5. The minimum atomic E-state index is -1.33. The first-order chi connectivity index (χ1) is 11.5. The molecule has 9 atom stereocenters. The van der Waals surface area contributed by atoms with Gasteiger partial charge in [0.2, 0.25) is 0 Å². The first-order valence-corrected chi connectivity index (χ1v) is 9.46. The number of Topliss-reactive ketones (excluding diaryl/α,β-unsaturated/α-hetero) is 1. The SMILES string of the molecule is C=C1C(=O)[C@@]23[C@H](O)C[C@@H]4C(C)(C)CC[C@H](O)[C@]4(C)[C@@H]2C[C@H](O)[C@@H]1[C@H]3O. The molecule has 1 spiro atoms. The Morgan fingerprint density at radius 2 is 1.64 bits per heavy atom. The minimum Gasteiger partial charge on any atom is -0.393 e. The lowest BCUT2D eigenvalue weighted by atomic mass is 9.39. The van der Waals surface area contributed by atoms with E-state index in [9.17, 15) is 25.2 Å². The predicted molar refractivity (Wildman–Crippen MR) is 91.4 cm³/mol. The molecule has 0 aromatic carbocycles. The van der Waals surface area contributed by atoms with Gasteiger partial charge in [-0.1, -0.05) is 27.4 Å². The normalized spacial score (nSPS) is 57.2. The van der Waals surface area contributed by atoms with Crippen LogP contribution in [0.4, 0.5) is 0 Å². The van der Waals surface area contributed by atoms with Gasteiger partial charge in [-0.05, 0) is 48.5 Å². The second kappa shape index (κ2) is 4.94. The van der Waals surface area contributed by atoms with E-state index in [0.717, 1.165) is 6.42 Å². The quantitative estimate of drug-likeness (QED) is 0.489. The van der Waals surface area contributed by atoms with E-state index in [2.05, 4.69) is 20.4 Å². The molecule has 4 saturated carbocycles. The van der Waals surface area contributed by atoms with E-state index in [1.54, 1.807) is 0 Å². The second-order valence-corrected chi connectivity index (χ2v) is 9.83. The average Bonchev–Trinajstić information content (AvgIpc) is 2.66. The van der Waals surface area contributed by atoms with Gasteiger partial charge in [0.1, 0.15) is 0 Å². The van der Waals surface area contributed by atoms with E-state index in [-0.39, 0.29) is 22.7 Å². The summed E-state index contributed by atoms with van der Waals surface area (Å²) in [6.45, 7) is 10.1. The van der Waals surface area contributed by atoms with Gasteiger partial charge in [-0.25, -0.2) is 0 Å². The van der Waals surface area contributed by atoms with Crippen LogP contribution in [-0.2, 0) is 4.79 Å². The van der Waals surface area contributed by atoms with E-state index < -0.39 is 47.1 Å². The maximum atomic E-state index is 13.2. The average molecular weight is 350 g/mol. The number of aliphatic hydroxyl groups is 4. The molecule has 25 heavy (non-hydrogen) atoms. The molecule has 2 bridgehead atoms. The molecule has 4 aliphatic carbocycles. The van der Waals surface area contributed by atoms with Crippen molar-refractivity contribution in [2.45, 2.75) is 70.9 Å². The van der Waals surface area contributed by atoms with Crippen LogP contribution in [0.25, 0.3) is 0 Å². The predicted octanol–water partition coefficient (Wildman–Crippen LogP) is 1.04. The molecule has 4 aliphatic rings. The van der Waals surface area contributed by atoms with Crippen molar-refractivity contribution < 1.29 is 25.2 Å². The third kappa shape index (κ3) is 1.76. The van der Waals surface area contributed by atoms with Gasteiger partial charge in [0, 0.05) is 11.3 Å². The third-order valence-electron chi connectivity index (χ3n) is 8.62. The molecule has 4 rings (SSSR count). The number of ketones is 1. The first-order valence-electron chi connectivity index (χ1n) is 9.46. The minimum absolute atomic E-state index is 0.0204. The van der Waals surface area contributed by atoms with Crippen molar-refractivity contribution in [3.05, 3.63) is 12.2 Å². The van der Waals surface area contributed by atoms with E-state index in [0.29, 0.717) is 19.3 Å². The number of fused-ring (bicyclic) bond motifs is 3.